The molecular formula is C7HF13. The first kappa shape index (κ1) is 17.1. The zero-order chi connectivity index (χ0) is 16.6. The Morgan fingerprint density at radius 3 is 1.05 bits per heavy atom. The molecule has 1 saturated carbocycles. The van der Waals surface area contributed by atoms with E-state index in [0.717, 1.165) is 0 Å². The molecule has 0 bridgehead atoms. The fourth-order valence-corrected chi connectivity index (χ4v) is 1.56. The number of hydrogen-bond acceptors (Lipinski definition) is 0. The Labute approximate surface area is 100 Å². The summed E-state index contributed by atoms with van der Waals surface area (Å²) in [4.78, 5) is 0. The van der Waals surface area contributed by atoms with Crippen LogP contribution in [0.3, 0.4) is 0 Å². The van der Waals surface area contributed by atoms with Gasteiger partial charge in [0.25, 0.3) is 0 Å². The second-order valence-corrected chi connectivity index (χ2v) is 3.91. The van der Waals surface area contributed by atoms with Gasteiger partial charge < -0.3 is 0 Å². The predicted molar refractivity (Wildman–Crippen MR) is 34.6 cm³/mol. The molecule has 0 radical (unpaired) electrons. The molecule has 0 unspecified atom stereocenters. The molecule has 0 aliphatic heterocycles. The van der Waals surface area contributed by atoms with Gasteiger partial charge in [0.2, 0.25) is 6.17 Å². The van der Waals surface area contributed by atoms with Gasteiger partial charge in [-0.3, -0.25) is 0 Å². The molecule has 0 heterocycles. The minimum Gasteiger partial charge on any atom is -0.234 e. The summed E-state index contributed by atoms with van der Waals surface area (Å²) in [5.74, 6) is -28.9. The number of alkyl halides is 13. The summed E-state index contributed by atoms with van der Waals surface area (Å²) in [5.41, 5.74) is -7.65. The van der Waals surface area contributed by atoms with E-state index in [9.17, 15) is 57.1 Å². The molecule has 120 valence electrons. The third kappa shape index (κ3) is 1.41. The molecule has 0 aromatic carbocycles. The fourth-order valence-electron chi connectivity index (χ4n) is 1.56. The lowest BCUT2D eigenvalue weighted by Gasteiger charge is -2.50. The van der Waals surface area contributed by atoms with E-state index < -0.39 is 41.7 Å². The molecule has 13 heteroatoms. The van der Waals surface area contributed by atoms with Crippen LogP contribution in [0.1, 0.15) is 0 Å². The predicted octanol–water partition coefficient (Wildman–Crippen LogP) is 4.15. The maximum Gasteiger partial charge on any atom is 0.435 e. The van der Waals surface area contributed by atoms with Crippen LogP contribution in [-0.2, 0) is 0 Å². The van der Waals surface area contributed by atoms with Crippen LogP contribution in [0.4, 0.5) is 57.1 Å². The Kier molecular flexibility index (Phi) is 3.12. The van der Waals surface area contributed by atoms with Gasteiger partial charge in [-0.15, -0.1) is 0 Å². The lowest BCUT2D eigenvalue weighted by molar-refractivity contribution is -0.477. The van der Waals surface area contributed by atoms with E-state index in [4.69, 9.17) is 0 Å². The Hall–Kier alpha value is -0.910. The second kappa shape index (κ2) is 3.64. The minimum absolute atomic E-state index is 5.72. The van der Waals surface area contributed by atoms with Gasteiger partial charge in [-0.2, -0.15) is 48.3 Å². The Balaban J connectivity index is 3.80. The minimum atomic E-state index is -7.65. The van der Waals surface area contributed by atoms with Crippen molar-refractivity contribution in [1.82, 2.24) is 0 Å². The highest BCUT2D eigenvalue weighted by Crippen LogP contribution is 2.68. The lowest BCUT2D eigenvalue weighted by atomic mass is 9.73. The van der Waals surface area contributed by atoms with Gasteiger partial charge in [0, 0.05) is 0 Å². The van der Waals surface area contributed by atoms with Crippen molar-refractivity contribution < 1.29 is 57.1 Å². The smallest absolute Gasteiger partial charge is 0.234 e. The number of halogens is 13. The van der Waals surface area contributed by atoms with Crippen LogP contribution in [0.15, 0.2) is 0 Å². The Bertz CT molecular complexity index is 375. The van der Waals surface area contributed by atoms with Gasteiger partial charge >= 0.3 is 35.5 Å². The van der Waals surface area contributed by atoms with Crippen molar-refractivity contribution in [3.05, 3.63) is 0 Å². The highest BCUT2D eigenvalue weighted by molar-refractivity contribution is 5.26. The standard InChI is InChI=1S/C7HF13/c8-1-2(9,10)5(14,15)4(13,7(18,19)20)6(16,17)3(1,11)12/h1H. The largest absolute Gasteiger partial charge is 0.435 e. The molecule has 1 aliphatic carbocycles. The van der Waals surface area contributed by atoms with Crippen molar-refractivity contribution >= 4 is 0 Å². The number of hydrogen-bond donors (Lipinski definition) is 0. The van der Waals surface area contributed by atoms with E-state index in [1.807, 2.05) is 0 Å². The van der Waals surface area contributed by atoms with Crippen molar-refractivity contribution in [2.24, 2.45) is 0 Å². The molecule has 0 aromatic rings. The van der Waals surface area contributed by atoms with Crippen LogP contribution in [0.25, 0.3) is 0 Å². The summed E-state index contributed by atoms with van der Waals surface area (Å²) >= 11 is 0. The first-order valence-electron chi connectivity index (χ1n) is 4.31. The summed E-state index contributed by atoms with van der Waals surface area (Å²) in [6.07, 6.45) is -13.2. The molecule has 0 nitrogen and oxygen atoms in total. The monoisotopic (exact) mass is 332 g/mol. The normalized spacial score (nSPS) is 38.5. The summed E-state index contributed by atoms with van der Waals surface area (Å²) in [6, 6.07) is 0. The zero-order valence-electron chi connectivity index (χ0n) is 8.49. The van der Waals surface area contributed by atoms with Crippen LogP contribution in [0.5, 0.6) is 0 Å². The number of rotatable bonds is 0. The van der Waals surface area contributed by atoms with E-state index in [1.165, 1.54) is 0 Å². The van der Waals surface area contributed by atoms with Gasteiger partial charge in [-0.1, -0.05) is 0 Å². The van der Waals surface area contributed by atoms with Crippen LogP contribution in [0.2, 0.25) is 0 Å². The van der Waals surface area contributed by atoms with Crippen molar-refractivity contribution in [1.29, 1.82) is 0 Å². The SMILES string of the molecule is FC1C(F)(F)C(F)(F)C(F)(C(F)(F)F)C(F)(F)C1(F)F. The molecule has 1 rings (SSSR count). The molecule has 0 atom stereocenters. The summed E-state index contributed by atoms with van der Waals surface area (Å²) in [6.45, 7) is 0. The Morgan fingerprint density at radius 1 is 0.600 bits per heavy atom. The third-order valence-electron chi connectivity index (χ3n) is 2.73. The molecule has 0 amide bonds. The van der Waals surface area contributed by atoms with E-state index >= 15 is 0 Å². The summed E-state index contributed by atoms with van der Waals surface area (Å²) in [7, 11) is 0. The zero-order valence-corrected chi connectivity index (χ0v) is 8.49. The van der Waals surface area contributed by atoms with E-state index in [0.29, 0.717) is 0 Å². The van der Waals surface area contributed by atoms with Crippen LogP contribution >= 0.6 is 0 Å². The molecule has 1 aliphatic rings. The summed E-state index contributed by atoms with van der Waals surface area (Å²) < 4.78 is 163. The average molecular weight is 332 g/mol. The van der Waals surface area contributed by atoms with Gasteiger partial charge in [0.15, 0.2) is 0 Å². The second-order valence-electron chi connectivity index (χ2n) is 3.91. The van der Waals surface area contributed by atoms with Crippen molar-refractivity contribution in [3.8, 4) is 0 Å². The molecular weight excluding hydrogens is 331 g/mol. The highest BCUT2D eigenvalue weighted by atomic mass is 19.4. The lowest BCUT2D eigenvalue weighted by Crippen LogP contribution is -2.83. The Morgan fingerprint density at radius 2 is 0.850 bits per heavy atom. The van der Waals surface area contributed by atoms with Gasteiger partial charge in [-0.25, -0.2) is 8.78 Å². The molecule has 1 fully saturated rings. The maximum absolute atomic E-state index is 13.0. The first-order chi connectivity index (χ1) is 8.40. The molecule has 0 N–H and O–H groups in total. The average Bonchev–Trinajstić information content (AvgIpc) is 2.22. The van der Waals surface area contributed by atoms with E-state index in [1.54, 1.807) is 0 Å². The quantitative estimate of drug-likeness (QED) is 0.585. The molecule has 20 heavy (non-hydrogen) atoms. The summed E-state index contributed by atoms with van der Waals surface area (Å²) in [5, 5.41) is 0. The molecule has 0 aromatic heterocycles. The fraction of sp³-hybridized carbons (Fsp3) is 1.00. The van der Waals surface area contributed by atoms with Gasteiger partial charge in [-0.05, 0) is 0 Å². The van der Waals surface area contributed by atoms with Crippen LogP contribution in [0, 0.1) is 0 Å². The maximum atomic E-state index is 13.0. The topological polar surface area (TPSA) is 0 Å². The van der Waals surface area contributed by atoms with Crippen molar-refractivity contribution in [2.45, 2.75) is 41.7 Å². The van der Waals surface area contributed by atoms with Gasteiger partial charge in [0.1, 0.15) is 0 Å². The highest BCUT2D eigenvalue weighted by Gasteiger charge is 3.00. The molecule has 0 spiro atoms. The van der Waals surface area contributed by atoms with E-state index in [2.05, 4.69) is 0 Å². The van der Waals surface area contributed by atoms with Crippen molar-refractivity contribution in [2.75, 3.05) is 0 Å². The third-order valence-corrected chi connectivity index (χ3v) is 2.73. The molecule has 0 saturated heterocycles. The van der Waals surface area contributed by atoms with Crippen molar-refractivity contribution in [3.63, 3.8) is 0 Å². The first-order valence-corrected chi connectivity index (χ1v) is 4.31. The van der Waals surface area contributed by atoms with E-state index in [-0.39, 0.29) is 0 Å². The van der Waals surface area contributed by atoms with Crippen LogP contribution in [-0.4, -0.2) is 41.7 Å². The van der Waals surface area contributed by atoms with Crippen LogP contribution < -0.4 is 0 Å². The van der Waals surface area contributed by atoms with Gasteiger partial charge in [0.05, 0.1) is 0 Å².